The molecule has 21 heavy (non-hydrogen) atoms. The predicted molar refractivity (Wildman–Crippen MR) is 83.4 cm³/mol. The molecule has 0 N–H and O–H groups in total. The van der Waals surface area contributed by atoms with Crippen LogP contribution >= 0.6 is 23.4 Å². The van der Waals surface area contributed by atoms with Crippen LogP contribution < -0.4 is 0 Å². The first-order valence-corrected chi connectivity index (χ1v) is 9.11. The Bertz CT molecular complexity index is 796. The minimum Gasteiger partial charge on any atom is -0.243 e. The molecule has 1 unspecified atom stereocenters. The van der Waals surface area contributed by atoms with Gasteiger partial charge in [0.15, 0.2) is 5.16 Å². The maximum absolute atomic E-state index is 13.0. The summed E-state index contributed by atoms with van der Waals surface area (Å²) in [5, 5.41) is 9.60. The van der Waals surface area contributed by atoms with Crippen molar-refractivity contribution in [2.24, 2.45) is 4.36 Å². The van der Waals surface area contributed by atoms with Gasteiger partial charge in [-0.25, -0.2) is 14.2 Å². The highest BCUT2D eigenvalue weighted by molar-refractivity contribution is 7.98. The van der Waals surface area contributed by atoms with Crippen LogP contribution in [0.4, 0.5) is 0 Å². The van der Waals surface area contributed by atoms with Crippen molar-refractivity contribution in [3.63, 3.8) is 0 Å². The fourth-order valence-electron chi connectivity index (χ4n) is 1.67. The number of halogens is 1. The molecule has 1 aromatic heterocycles. The molecule has 0 saturated carbocycles. The largest absolute Gasteiger partial charge is 0.243 e. The summed E-state index contributed by atoms with van der Waals surface area (Å²) in [5.74, 6) is 0.0143. The molecule has 0 aliphatic rings. The molecule has 2 aromatic rings. The van der Waals surface area contributed by atoms with Gasteiger partial charge >= 0.3 is 0 Å². The molecule has 8 heteroatoms. The van der Waals surface area contributed by atoms with Gasteiger partial charge in [0.1, 0.15) is 5.15 Å². The van der Waals surface area contributed by atoms with Gasteiger partial charge in [-0.3, -0.25) is 0 Å². The van der Waals surface area contributed by atoms with Crippen LogP contribution in [-0.4, -0.2) is 20.4 Å². The molecule has 0 bridgehead atoms. The summed E-state index contributed by atoms with van der Waals surface area (Å²) < 4.78 is 16.6. The van der Waals surface area contributed by atoms with E-state index in [4.69, 9.17) is 16.9 Å². The second-order valence-electron chi connectivity index (χ2n) is 3.96. The molecule has 2 rings (SSSR count). The first-order chi connectivity index (χ1) is 10.1. The summed E-state index contributed by atoms with van der Waals surface area (Å²) >= 11 is 7.27. The molecular formula is C13H11ClN4OS2. The van der Waals surface area contributed by atoms with Gasteiger partial charge in [-0.15, -0.1) is 4.36 Å². The van der Waals surface area contributed by atoms with Crippen LogP contribution in [-0.2, 0) is 15.5 Å². The monoisotopic (exact) mass is 338 g/mol. The Labute approximate surface area is 132 Å². The first kappa shape index (κ1) is 15.8. The third-order valence-electron chi connectivity index (χ3n) is 2.55. The normalized spacial score (nSPS) is 13.2. The van der Waals surface area contributed by atoms with Gasteiger partial charge in [-0.05, 0) is 24.5 Å². The third-order valence-corrected chi connectivity index (χ3v) is 5.37. The number of rotatable bonds is 4. The maximum atomic E-state index is 13.0. The third kappa shape index (κ3) is 3.94. The van der Waals surface area contributed by atoms with E-state index in [2.05, 4.69) is 14.3 Å². The predicted octanol–water partition coefficient (Wildman–Crippen LogP) is 3.36. The Hall–Kier alpha value is -1.62. The van der Waals surface area contributed by atoms with Crippen LogP contribution in [0.15, 0.2) is 50.8 Å². The molecule has 0 saturated heterocycles. The summed E-state index contributed by atoms with van der Waals surface area (Å²) in [4.78, 5) is 8.79. The number of nitriles is 1. The van der Waals surface area contributed by atoms with Crippen LogP contribution in [0.5, 0.6) is 0 Å². The van der Waals surface area contributed by atoms with Crippen LogP contribution in [0.3, 0.4) is 0 Å². The van der Waals surface area contributed by atoms with Gasteiger partial charge in [-0.2, -0.15) is 5.26 Å². The van der Waals surface area contributed by atoms with E-state index in [-0.39, 0.29) is 10.9 Å². The molecule has 1 heterocycles. The lowest BCUT2D eigenvalue weighted by atomic mass is 10.4. The van der Waals surface area contributed by atoms with Gasteiger partial charge in [0.2, 0.25) is 6.19 Å². The zero-order valence-corrected chi connectivity index (χ0v) is 13.5. The van der Waals surface area contributed by atoms with Gasteiger partial charge in [0.05, 0.1) is 21.2 Å². The summed E-state index contributed by atoms with van der Waals surface area (Å²) in [6.45, 7) is 0. The minimum atomic E-state index is -2.91. The van der Waals surface area contributed by atoms with E-state index in [1.54, 1.807) is 30.5 Å². The van der Waals surface area contributed by atoms with Gasteiger partial charge in [0.25, 0.3) is 0 Å². The number of benzene rings is 1. The lowest BCUT2D eigenvalue weighted by molar-refractivity contribution is 0.675. The van der Waals surface area contributed by atoms with E-state index in [9.17, 15) is 4.21 Å². The highest BCUT2D eigenvalue weighted by Crippen LogP contribution is 2.21. The van der Waals surface area contributed by atoms with Crippen molar-refractivity contribution in [1.82, 2.24) is 9.97 Å². The smallest absolute Gasteiger partial charge is 0.214 e. The van der Waals surface area contributed by atoms with Gasteiger partial charge in [0, 0.05) is 4.90 Å². The zero-order valence-electron chi connectivity index (χ0n) is 11.1. The van der Waals surface area contributed by atoms with Crippen molar-refractivity contribution in [2.75, 3.05) is 6.26 Å². The molecule has 5 nitrogen and oxygen atoms in total. The van der Waals surface area contributed by atoms with Crippen molar-refractivity contribution in [3.8, 4) is 6.19 Å². The van der Waals surface area contributed by atoms with E-state index in [0.29, 0.717) is 15.7 Å². The molecule has 1 aromatic carbocycles. The quantitative estimate of drug-likeness (QED) is 0.369. The summed E-state index contributed by atoms with van der Waals surface area (Å²) in [5.41, 5.74) is 0.493. The molecule has 0 amide bonds. The number of hydrogen-bond acceptors (Lipinski definition) is 6. The summed E-state index contributed by atoms with van der Waals surface area (Å²) in [6.07, 6.45) is 3.46. The van der Waals surface area contributed by atoms with Crippen LogP contribution in [0, 0.1) is 11.5 Å². The van der Waals surface area contributed by atoms with Crippen molar-refractivity contribution >= 4 is 33.1 Å². The van der Waals surface area contributed by atoms with E-state index in [0.717, 1.165) is 0 Å². The molecule has 1 atom stereocenters. The fourth-order valence-corrected chi connectivity index (χ4v) is 3.93. The zero-order chi connectivity index (χ0) is 15.3. The highest BCUT2D eigenvalue weighted by Gasteiger charge is 2.16. The Morgan fingerprint density at radius 2 is 2.10 bits per heavy atom. The van der Waals surface area contributed by atoms with Crippen LogP contribution in [0.1, 0.15) is 5.69 Å². The fraction of sp³-hybridized carbons (Fsp3) is 0.154. The number of nitrogens with zero attached hydrogens (tertiary/aromatic N) is 4. The van der Waals surface area contributed by atoms with E-state index < -0.39 is 9.73 Å². The lowest BCUT2D eigenvalue weighted by Gasteiger charge is -2.09. The average Bonchev–Trinajstić information content (AvgIpc) is 2.47. The second kappa shape index (κ2) is 6.89. The van der Waals surface area contributed by atoms with Gasteiger partial charge in [-0.1, -0.05) is 41.6 Å². The van der Waals surface area contributed by atoms with E-state index in [1.807, 2.05) is 12.3 Å². The topological polar surface area (TPSA) is 79.0 Å². The lowest BCUT2D eigenvalue weighted by Crippen LogP contribution is -2.07. The van der Waals surface area contributed by atoms with E-state index in [1.165, 1.54) is 17.8 Å². The standard InChI is InChI=1S/C13H11ClN4OS2/c1-20-13-17-10(7-12(14)18-13)8-21(19,16-9-15)11-5-3-2-4-6-11/h2-7H,8H2,1H3. The van der Waals surface area contributed by atoms with Crippen molar-refractivity contribution < 1.29 is 4.21 Å². The molecule has 0 fully saturated rings. The van der Waals surface area contributed by atoms with Gasteiger partial charge < -0.3 is 0 Å². The molecule has 0 radical (unpaired) electrons. The Morgan fingerprint density at radius 1 is 1.38 bits per heavy atom. The number of thioether (sulfide) groups is 1. The molecular weight excluding hydrogens is 328 g/mol. The second-order valence-corrected chi connectivity index (χ2v) is 7.34. The molecule has 0 spiro atoms. The number of hydrogen-bond donors (Lipinski definition) is 0. The Balaban J connectivity index is 2.48. The van der Waals surface area contributed by atoms with Crippen molar-refractivity contribution in [2.45, 2.75) is 15.8 Å². The SMILES string of the molecule is CSc1nc(Cl)cc(CS(=O)(=NC#N)c2ccccc2)n1. The van der Waals surface area contributed by atoms with Crippen LogP contribution in [0.25, 0.3) is 0 Å². The summed E-state index contributed by atoms with van der Waals surface area (Å²) in [6, 6.07) is 10.2. The molecule has 0 aliphatic carbocycles. The minimum absolute atomic E-state index is 0.0143. The Kier molecular flexibility index (Phi) is 5.17. The van der Waals surface area contributed by atoms with Crippen molar-refractivity contribution in [3.05, 3.63) is 47.2 Å². The Morgan fingerprint density at radius 3 is 2.71 bits per heavy atom. The molecule has 0 aliphatic heterocycles. The van der Waals surface area contributed by atoms with E-state index >= 15 is 0 Å². The maximum Gasteiger partial charge on any atom is 0.214 e. The number of aromatic nitrogens is 2. The average molecular weight is 339 g/mol. The van der Waals surface area contributed by atoms with Crippen LogP contribution in [0.2, 0.25) is 5.15 Å². The molecule has 108 valence electrons. The highest BCUT2D eigenvalue weighted by atomic mass is 35.5. The summed E-state index contributed by atoms with van der Waals surface area (Å²) in [7, 11) is -2.91. The first-order valence-electron chi connectivity index (χ1n) is 5.83. The van der Waals surface area contributed by atoms with Crippen molar-refractivity contribution in [1.29, 1.82) is 5.26 Å².